The quantitative estimate of drug-likeness (QED) is 0.883. The molecule has 0 bridgehead atoms. The Morgan fingerprint density at radius 2 is 2.00 bits per heavy atom. The van der Waals surface area contributed by atoms with Gasteiger partial charge in [0.1, 0.15) is 5.54 Å². The van der Waals surface area contributed by atoms with E-state index in [4.69, 9.17) is 0 Å². The van der Waals surface area contributed by atoms with E-state index in [0.29, 0.717) is 0 Å². The molecule has 0 unspecified atom stereocenters. The number of nitrogens with zero attached hydrogens (tertiary/aromatic N) is 2. The van der Waals surface area contributed by atoms with E-state index in [2.05, 4.69) is 54.5 Å². The van der Waals surface area contributed by atoms with E-state index in [1.807, 2.05) is 0 Å². The molecule has 0 aromatic heterocycles. The first-order valence-electron chi connectivity index (χ1n) is 6.54. The van der Waals surface area contributed by atoms with Gasteiger partial charge in [-0.05, 0) is 37.9 Å². The van der Waals surface area contributed by atoms with Gasteiger partial charge in [0.25, 0.3) is 0 Å². The van der Waals surface area contributed by atoms with Gasteiger partial charge in [-0.15, -0.1) is 0 Å². The van der Waals surface area contributed by atoms with Gasteiger partial charge >= 0.3 is 0 Å². The number of hydrogen-bond acceptors (Lipinski definition) is 3. The van der Waals surface area contributed by atoms with Crippen molar-refractivity contribution in [2.45, 2.75) is 31.8 Å². The highest BCUT2D eigenvalue weighted by Gasteiger charge is 2.33. The van der Waals surface area contributed by atoms with Crippen LogP contribution in [0.3, 0.4) is 0 Å². The maximum absolute atomic E-state index is 9.44. The summed E-state index contributed by atoms with van der Waals surface area (Å²) in [6.45, 7) is 4.89. The van der Waals surface area contributed by atoms with Crippen molar-refractivity contribution in [3.05, 3.63) is 35.4 Å². The van der Waals surface area contributed by atoms with Gasteiger partial charge < -0.3 is 4.90 Å². The lowest BCUT2D eigenvalue weighted by molar-refractivity contribution is 0.194. The molecule has 0 saturated carbocycles. The Morgan fingerprint density at radius 3 is 2.61 bits per heavy atom. The molecule has 3 heteroatoms. The Bertz CT molecular complexity index is 439. The Labute approximate surface area is 109 Å². The molecule has 1 aromatic rings. The van der Waals surface area contributed by atoms with Crippen LogP contribution in [0.5, 0.6) is 0 Å². The third-order valence-electron chi connectivity index (χ3n) is 3.93. The van der Waals surface area contributed by atoms with E-state index in [1.165, 1.54) is 11.1 Å². The van der Waals surface area contributed by atoms with Crippen molar-refractivity contribution < 1.29 is 0 Å². The molecule has 96 valence electrons. The first-order valence-corrected chi connectivity index (χ1v) is 6.54. The van der Waals surface area contributed by atoms with Crippen molar-refractivity contribution in [2.75, 3.05) is 20.1 Å². The van der Waals surface area contributed by atoms with Gasteiger partial charge in [-0.2, -0.15) is 5.26 Å². The molecule has 1 aliphatic heterocycles. The topological polar surface area (TPSA) is 39.1 Å². The lowest BCUT2D eigenvalue weighted by Crippen LogP contribution is -2.51. The fourth-order valence-electron chi connectivity index (χ4n) is 2.40. The van der Waals surface area contributed by atoms with E-state index in [1.54, 1.807) is 0 Å². The molecule has 0 radical (unpaired) electrons. The molecule has 0 amide bonds. The summed E-state index contributed by atoms with van der Waals surface area (Å²) in [6.07, 6.45) is 1.82. The van der Waals surface area contributed by atoms with Crippen LogP contribution in [-0.4, -0.2) is 30.6 Å². The lowest BCUT2D eigenvalue weighted by Gasteiger charge is -2.36. The Kier molecular flexibility index (Phi) is 4.00. The smallest absolute Gasteiger partial charge is 0.109 e. The molecule has 2 rings (SSSR count). The van der Waals surface area contributed by atoms with Crippen LogP contribution in [0.2, 0.25) is 0 Å². The molecule has 1 fully saturated rings. The third kappa shape index (κ3) is 2.90. The number of aryl methyl sites for hydroxylation is 1. The fraction of sp³-hybridized carbons (Fsp3) is 0.533. The number of rotatable bonds is 3. The third-order valence-corrected chi connectivity index (χ3v) is 3.93. The average Bonchev–Trinajstić information content (AvgIpc) is 2.40. The van der Waals surface area contributed by atoms with Crippen LogP contribution in [0.1, 0.15) is 24.0 Å². The predicted octanol–water partition coefficient (Wildman–Crippen LogP) is 2.07. The summed E-state index contributed by atoms with van der Waals surface area (Å²) in [7, 11) is 2.11. The van der Waals surface area contributed by atoms with Crippen LogP contribution in [0.15, 0.2) is 24.3 Å². The largest absolute Gasteiger partial charge is 0.306 e. The zero-order chi connectivity index (χ0) is 13.0. The summed E-state index contributed by atoms with van der Waals surface area (Å²) in [5, 5.41) is 12.9. The highest BCUT2D eigenvalue weighted by Crippen LogP contribution is 2.21. The predicted molar refractivity (Wildman–Crippen MR) is 73.1 cm³/mol. The molecule has 3 nitrogen and oxygen atoms in total. The van der Waals surface area contributed by atoms with Crippen LogP contribution in [0.4, 0.5) is 0 Å². The average molecular weight is 243 g/mol. The minimum atomic E-state index is -0.339. The van der Waals surface area contributed by atoms with Gasteiger partial charge in [0, 0.05) is 19.6 Å². The first kappa shape index (κ1) is 13.1. The molecular weight excluding hydrogens is 222 g/mol. The molecule has 1 saturated heterocycles. The second-order valence-corrected chi connectivity index (χ2v) is 5.28. The SMILES string of the molecule is Cc1ccccc1CNC1(C#N)CCN(C)CC1. The van der Waals surface area contributed by atoms with Gasteiger partial charge in [-0.3, -0.25) is 5.32 Å². The molecule has 0 atom stereocenters. The lowest BCUT2D eigenvalue weighted by atomic mass is 9.89. The summed E-state index contributed by atoms with van der Waals surface area (Å²) in [4.78, 5) is 2.28. The van der Waals surface area contributed by atoms with Crippen LogP contribution in [0, 0.1) is 18.3 Å². The van der Waals surface area contributed by atoms with Crippen LogP contribution in [-0.2, 0) is 6.54 Å². The van der Waals surface area contributed by atoms with Gasteiger partial charge in [0.2, 0.25) is 0 Å². The number of nitrogens with one attached hydrogen (secondary N) is 1. The molecule has 1 N–H and O–H groups in total. The molecule has 18 heavy (non-hydrogen) atoms. The normalized spacial score (nSPS) is 19.4. The molecule has 0 aliphatic carbocycles. The summed E-state index contributed by atoms with van der Waals surface area (Å²) in [5.74, 6) is 0. The van der Waals surface area contributed by atoms with Crippen molar-refractivity contribution in [2.24, 2.45) is 0 Å². The van der Waals surface area contributed by atoms with Crippen molar-refractivity contribution in [3.63, 3.8) is 0 Å². The number of hydrogen-bond donors (Lipinski definition) is 1. The zero-order valence-electron chi connectivity index (χ0n) is 11.2. The van der Waals surface area contributed by atoms with Gasteiger partial charge in [-0.1, -0.05) is 24.3 Å². The second-order valence-electron chi connectivity index (χ2n) is 5.28. The molecule has 1 aliphatic rings. The number of likely N-dealkylation sites (tertiary alicyclic amines) is 1. The van der Waals surface area contributed by atoms with Crippen molar-refractivity contribution in [1.29, 1.82) is 5.26 Å². The van der Waals surface area contributed by atoms with E-state index < -0.39 is 0 Å². The second kappa shape index (κ2) is 5.51. The summed E-state index contributed by atoms with van der Waals surface area (Å²) >= 11 is 0. The van der Waals surface area contributed by atoms with Crippen LogP contribution in [0.25, 0.3) is 0 Å². The van der Waals surface area contributed by atoms with E-state index >= 15 is 0 Å². The molecule has 0 spiro atoms. The zero-order valence-corrected chi connectivity index (χ0v) is 11.2. The molecule has 1 aromatic carbocycles. The van der Waals surface area contributed by atoms with Crippen molar-refractivity contribution in [1.82, 2.24) is 10.2 Å². The number of benzene rings is 1. The summed E-state index contributed by atoms with van der Waals surface area (Å²) in [6, 6.07) is 10.8. The number of piperidine rings is 1. The Hall–Kier alpha value is -1.37. The van der Waals surface area contributed by atoms with Crippen LogP contribution < -0.4 is 5.32 Å². The minimum Gasteiger partial charge on any atom is -0.306 e. The van der Waals surface area contributed by atoms with Gasteiger partial charge in [0.15, 0.2) is 0 Å². The minimum absolute atomic E-state index is 0.339. The number of nitriles is 1. The van der Waals surface area contributed by atoms with E-state index in [-0.39, 0.29) is 5.54 Å². The van der Waals surface area contributed by atoms with Gasteiger partial charge in [0.05, 0.1) is 6.07 Å². The molecular formula is C15H21N3. The Balaban J connectivity index is 2.00. The standard InChI is InChI=1S/C15H21N3/c1-13-5-3-4-6-14(13)11-17-15(12-16)7-9-18(2)10-8-15/h3-6,17H,7-11H2,1-2H3. The summed E-state index contributed by atoms with van der Waals surface area (Å²) in [5.41, 5.74) is 2.23. The maximum atomic E-state index is 9.44. The van der Waals surface area contributed by atoms with Crippen molar-refractivity contribution >= 4 is 0 Å². The maximum Gasteiger partial charge on any atom is 0.109 e. The highest BCUT2D eigenvalue weighted by molar-refractivity contribution is 5.26. The highest BCUT2D eigenvalue weighted by atomic mass is 15.1. The first-order chi connectivity index (χ1) is 8.65. The monoisotopic (exact) mass is 243 g/mol. The van der Waals surface area contributed by atoms with E-state index in [9.17, 15) is 5.26 Å². The Morgan fingerprint density at radius 1 is 1.33 bits per heavy atom. The molecule has 1 heterocycles. The summed E-state index contributed by atoms with van der Waals surface area (Å²) < 4.78 is 0. The fourth-order valence-corrected chi connectivity index (χ4v) is 2.40. The van der Waals surface area contributed by atoms with Gasteiger partial charge in [-0.25, -0.2) is 0 Å². The van der Waals surface area contributed by atoms with Crippen molar-refractivity contribution in [3.8, 4) is 6.07 Å². The van der Waals surface area contributed by atoms with Crippen LogP contribution >= 0.6 is 0 Å². The van der Waals surface area contributed by atoms with E-state index in [0.717, 1.165) is 32.5 Å².